The molecule has 0 aromatic heterocycles. The zero-order chi connectivity index (χ0) is 13.1. The van der Waals surface area contributed by atoms with Crippen LogP contribution in [-0.4, -0.2) is 0 Å². The molecular formula is C13H9BrF3N. The molecule has 0 fully saturated rings. The van der Waals surface area contributed by atoms with E-state index in [0.29, 0.717) is 5.56 Å². The van der Waals surface area contributed by atoms with Crippen molar-refractivity contribution in [3.8, 4) is 0 Å². The first kappa shape index (κ1) is 13.0. The van der Waals surface area contributed by atoms with Crippen LogP contribution in [-0.2, 0) is 6.54 Å². The van der Waals surface area contributed by atoms with E-state index in [2.05, 4.69) is 21.2 Å². The van der Waals surface area contributed by atoms with Crippen molar-refractivity contribution in [2.24, 2.45) is 0 Å². The highest BCUT2D eigenvalue weighted by atomic mass is 79.9. The first-order valence-corrected chi connectivity index (χ1v) is 5.98. The molecule has 0 spiro atoms. The minimum Gasteiger partial charge on any atom is -0.379 e. The lowest BCUT2D eigenvalue weighted by molar-refractivity contribution is 0.596. The molecule has 0 atom stereocenters. The second kappa shape index (κ2) is 5.44. The normalized spacial score (nSPS) is 10.4. The number of anilines is 1. The van der Waals surface area contributed by atoms with Gasteiger partial charge in [0, 0.05) is 12.6 Å². The largest absolute Gasteiger partial charge is 0.379 e. The second-order valence-corrected chi connectivity index (χ2v) is 4.58. The summed E-state index contributed by atoms with van der Waals surface area (Å²) in [6, 6.07) is 8.01. The van der Waals surface area contributed by atoms with E-state index in [1.54, 1.807) is 12.1 Å². The van der Waals surface area contributed by atoms with Crippen molar-refractivity contribution < 1.29 is 13.2 Å². The SMILES string of the molecule is Fc1cccc(CNc2cc(F)c(Br)cc2F)c1. The van der Waals surface area contributed by atoms with E-state index in [0.717, 1.165) is 12.1 Å². The molecule has 0 unspecified atom stereocenters. The van der Waals surface area contributed by atoms with Gasteiger partial charge in [-0.3, -0.25) is 0 Å². The Morgan fingerprint density at radius 1 is 1.00 bits per heavy atom. The molecule has 0 aliphatic rings. The van der Waals surface area contributed by atoms with Crippen LogP contribution in [0.3, 0.4) is 0 Å². The van der Waals surface area contributed by atoms with E-state index in [1.165, 1.54) is 12.1 Å². The Bertz CT molecular complexity index is 572. The molecule has 0 heterocycles. The molecule has 1 nitrogen and oxygen atoms in total. The fourth-order valence-electron chi connectivity index (χ4n) is 1.50. The molecule has 2 aromatic rings. The Balaban J connectivity index is 2.13. The minimum atomic E-state index is -0.570. The van der Waals surface area contributed by atoms with Gasteiger partial charge in [-0.05, 0) is 39.7 Å². The highest BCUT2D eigenvalue weighted by Crippen LogP contribution is 2.23. The van der Waals surface area contributed by atoms with Gasteiger partial charge in [0.2, 0.25) is 0 Å². The number of hydrogen-bond acceptors (Lipinski definition) is 1. The number of rotatable bonds is 3. The van der Waals surface area contributed by atoms with Crippen molar-refractivity contribution in [1.29, 1.82) is 0 Å². The van der Waals surface area contributed by atoms with Gasteiger partial charge >= 0.3 is 0 Å². The lowest BCUT2D eigenvalue weighted by Gasteiger charge is -2.08. The van der Waals surface area contributed by atoms with Crippen molar-refractivity contribution in [2.75, 3.05) is 5.32 Å². The summed E-state index contributed by atoms with van der Waals surface area (Å²) in [4.78, 5) is 0. The molecule has 0 bridgehead atoms. The van der Waals surface area contributed by atoms with Crippen LogP contribution < -0.4 is 5.32 Å². The average molecular weight is 316 g/mol. The number of benzene rings is 2. The van der Waals surface area contributed by atoms with Gasteiger partial charge in [-0.1, -0.05) is 12.1 Å². The Labute approximate surface area is 111 Å². The molecular weight excluding hydrogens is 307 g/mol. The van der Waals surface area contributed by atoms with E-state index < -0.39 is 11.6 Å². The van der Waals surface area contributed by atoms with E-state index in [4.69, 9.17) is 0 Å². The Hall–Kier alpha value is -1.49. The molecule has 0 aliphatic carbocycles. The summed E-state index contributed by atoms with van der Waals surface area (Å²) in [5.74, 6) is -1.49. The quantitative estimate of drug-likeness (QED) is 0.823. The minimum absolute atomic E-state index is 0.0416. The van der Waals surface area contributed by atoms with Gasteiger partial charge < -0.3 is 5.32 Å². The molecule has 1 N–H and O–H groups in total. The van der Waals surface area contributed by atoms with Crippen LogP contribution in [0.5, 0.6) is 0 Å². The van der Waals surface area contributed by atoms with Gasteiger partial charge in [0.05, 0.1) is 10.2 Å². The standard InChI is InChI=1S/C13H9BrF3N/c14-10-5-12(17)13(6-11(10)16)18-7-8-2-1-3-9(15)4-8/h1-6,18H,7H2. The van der Waals surface area contributed by atoms with Crippen LogP contribution in [0.2, 0.25) is 0 Å². The van der Waals surface area contributed by atoms with Crippen LogP contribution in [0.15, 0.2) is 40.9 Å². The highest BCUT2D eigenvalue weighted by molar-refractivity contribution is 9.10. The topological polar surface area (TPSA) is 12.0 Å². The maximum absolute atomic E-state index is 13.5. The third kappa shape index (κ3) is 3.04. The van der Waals surface area contributed by atoms with Crippen LogP contribution in [0.25, 0.3) is 0 Å². The third-order valence-corrected chi connectivity index (χ3v) is 2.99. The lowest BCUT2D eigenvalue weighted by atomic mass is 10.2. The zero-order valence-electron chi connectivity index (χ0n) is 9.18. The first-order chi connectivity index (χ1) is 8.56. The molecule has 2 aromatic carbocycles. The van der Waals surface area contributed by atoms with Gasteiger partial charge in [-0.15, -0.1) is 0 Å². The Morgan fingerprint density at radius 3 is 2.50 bits per heavy atom. The van der Waals surface area contributed by atoms with E-state index in [1.807, 2.05) is 0 Å². The summed E-state index contributed by atoms with van der Waals surface area (Å²) >= 11 is 2.89. The van der Waals surface area contributed by atoms with Crippen LogP contribution >= 0.6 is 15.9 Å². The zero-order valence-corrected chi connectivity index (χ0v) is 10.8. The van der Waals surface area contributed by atoms with Crippen molar-refractivity contribution in [1.82, 2.24) is 0 Å². The van der Waals surface area contributed by atoms with Crippen LogP contribution in [0.1, 0.15) is 5.56 Å². The van der Waals surface area contributed by atoms with Gasteiger partial charge in [0.25, 0.3) is 0 Å². The predicted molar refractivity (Wildman–Crippen MR) is 67.8 cm³/mol. The molecule has 0 aliphatic heterocycles. The summed E-state index contributed by atoms with van der Waals surface area (Å²) in [6.45, 7) is 0.218. The molecule has 18 heavy (non-hydrogen) atoms. The molecule has 2 rings (SSSR count). The van der Waals surface area contributed by atoms with Gasteiger partial charge in [0.1, 0.15) is 17.5 Å². The molecule has 0 saturated heterocycles. The fourth-order valence-corrected chi connectivity index (χ4v) is 1.82. The van der Waals surface area contributed by atoms with E-state index in [-0.39, 0.29) is 22.5 Å². The fraction of sp³-hybridized carbons (Fsp3) is 0.0769. The molecule has 0 radical (unpaired) electrons. The maximum Gasteiger partial charge on any atom is 0.147 e. The van der Waals surface area contributed by atoms with Gasteiger partial charge in [-0.25, -0.2) is 13.2 Å². The van der Waals surface area contributed by atoms with Crippen molar-refractivity contribution >= 4 is 21.6 Å². The lowest BCUT2D eigenvalue weighted by Crippen LogP contribution is -2.02. The van der Waals surface area contributed by atoms with E-state index >= 15 is 0 Å². The van der Waals surface area contributed by atoms with Crippen LogP contribution in [0.4, 0.5) is 18.9 Å². The Kier molecular flexibility index (Phi) is 3.91. The summed E-state index contributed by atoms with van der Waals surface area (Å²) in [5, 5.41) is 2.72. The van der Waals surface area contributed by atoms with Crippen LogP contribution in [0, 0.1) is 17.5 Å². The van der Waals surface area contributed by atoms with Gasteiger partial charge in [-0.2, -0.15) is 0 Å². The summed E-state index contributed by atoms with van der Waals surface area (Å²) in [6.07, 6.45) is 0. The highest BCUT2D eigenvalue weighted by Gasteiger charge is 2.07. The second-order valence-electron chi connectivity index (χ2n) is 3.73. The monoisotopic (exact) mass is 315 g/mol. The average Bonchev–Trinajstić information content (AvgIpc) is 2.32. The van der Waals surface area contributed by atoms with Crippen molar-refractivity contribution in [3.63, 3.8) is 0 Å². The number of hydrogen-bond donors (Lipinski definition) is 1. The van der Waals surface area contributed by atoms with Gasteiger partial charge in [0.15, 0.2) is 0 Å². The van der Waals surface area contributed by atoms with Crippen molar-refractivity contribution in [3.05, 3.63) is 63.9 Å². The molecule has 94 valence electrons. The van der Waals surface area contributed by atoms with E-state index in [9.17, 15) is 13.2 Å². The number of halogens is 4. The summed E-state index contributed by atoms with van der Waals surface area (Å²) in [5.41, 5.74) is 0.692. The smallest absolute Gasteiger partial charge is 0.147 e. The third-order valence-electron chi connectivity index (χ3n) is 2.38. The Morgan fingerprint density at radius 2 is 1.78 bits per heavy atom. The summed E-state index contributed by atoms with van der Waals surface area (Å²) < 4.78 is 39.7. The molecule has 0 amide bonds. The first-order valence-electron chi connectivity index (χ1n) is 5.19. The maximum atomic E-state index is 13.5. The molecule has 5 heteroatoms. The molecule has 0 saturated carbocycles. The predicted octanol–water partition coefficient (Wildman–Crippen LogP) is 4.48. The van der Waals surface area contributed by atoms with Crippen molar-refractivity contribution in [2.45, 2.75) is 6.54 Å². The summed E-state index contributed by atoms with van der Waals surface area (Å²) in [7, 11) is 0. The number of nitrogens with one attached hydrogen (secondary N) is 1.